The molecule has 0 amide bonds. The van der Waals surface area contributed by atoms with Crippen LogP contribution in [0.4, 0.5) is 17.8 Å². The smallest absolute Gasteiger partial charge is 0.250 e. The fourth-order valence-electron chi connectivity index (χ4n) is 3.31. The molecule has 0 spiro atoms. The fraction of sp³-hybridized carbons (Fsp3) is 0.474. The van der Waals surface area contributed by atoms with Gasteiger partial charge in [-0.2, -0.15) is 20.1 Å². The molecule has 10 nitrogen and oxygen atoms in total. The van der Waals surface area contributed by atoms with Crippen LogP contribution in [0.2, 0.25) is 0 Å². The summed E-state index contributed by atoms with van der Waals surface area (Å²) in [5.74, 6) is 2.17. The number of hydrogen-bond acceptors (Lipinski definition) is 10. The summed E-state index contributed by atoms with van der Waals surface area (Å²) in [7, 11) is 1.51. The molecule has 2 aromatic rings. The summed E-state index contributed by atoms with van der Waals surface area (Å²) in [6.07, 6.45) is 3.90. The number of hydrazone groups is 1. The number of phenols is 1. The largest absolute Gasteiger partial charge is 0.504 e. The molecule has 0 radical (unpaired) electrons. The molecule has 4 rings (SSSR count). The van der Waals surface area contributed by atoms with E-state index in [1.807, 2.05) is 0 Å². The van der Waals surface area contributed by atoms with Gasteiger partial charge in [0.2, 0.25) is 17.8 Å². The maximum Gasteiger partial charge on any atom is 0.250 e. The molecule has 0 atom stereocenters. The highest BCUT2D eigenvalue weighted by molar-refractivity contribution is 5.81. The number of nitrogens with zero attached hydrogens (tertiary/aromatic N) is 6. The second-order valence-corrected chi connectivity index (χ2v) is 6.85. The molecule has 1 aromatic carbocycles. The number of anilines is 3. The van der Waals surface area contributed by atoms with Gasteiger partial charge in [-0.1, -0.05) is 0 Å². The number of ether oxygens (including phenoxy) is 2. The van der Waals surface area contributed by atoms with E-state index < -0.39 is 0 Å². The molecule has 1 aromatic heterocycles. The standard InChI is InChI=1S/C19H25N7O3/c1-28-16-12-14(4-5-15(16)27)13-20-24-17-21-18(25-6-2-3-7-25)23-19(22-17)26-8-10-29-11-9-26/h4-5,12-13,27H,2-3,6-11H2,1H3,(H,21,22,23,24)/b20-13-. The van der Waals surface area contributed by atoms with E-state index in [1.165, 1.54) is 7.11 Å². The van der Waals surface area contributed by atoms with Crippen LogP contribution >= 0.6 is 0 Å². The first kappa shape index (κ1) is 19.2. The molecule has 0 aliphatic carbocycles. The van der Waals surface area contributed by atoms with Crippen molar-refractivity contribution in [1.82, 2.24) is 15.0 Å². The summed E-state index contributed by atoms with van der Waals surface area (Å²) in [6, 6.07) is 5.00. The van der Waals surface area contributed by atoms with E-state index in [1.54, 1.807) is 24.4 Å². The van der Waals surface area contributed by atoms with Crippen molar-refractivity contribution in [2.45, 2.75) is 12.8 Å². The summed E-state index contributed by atoms with van der Waals surface area (Å²) in [6.45, 7) is 4.72. The molecule has 2 aliphatic heterocycles. The van der Waals surface area contributed by atoms with Gasteiger partial charge in [0.15, 0.2) is 11.5 Å². The molecule has 154 valence electrons. The molecule has 3 heterocycles. The van der Waals surface area contributed by atoms with Crippen molar-refractivity contribution in [3.63, 3.8) is 0 Å². The first-order valence-electron chi connectivity index (χ1n) is 9.73. The van der Waals surface area contributed by atoms with Gasteiger partial charge in [-0.05, 0) is 36.6 Å². The van der Waals surface area contributed by atoms with E-state index >= 15 is 0 Å². The summed E-state index contributed by atoms with van der Waals surface area (Å²) in [5, 5.41) is 13.9. The highest BCUT2D eigenvalue weighted by Gasteiger charge is 2.21. The second-order valence-electron chi connectivity index (χ2n) is 6.85. The van der Waals surface area contributed by atoms with Crippen molar-refractivity contribution >= 4 is 24.1 Å². The van der Waals surface area contributed by atoms with Crippen LogP contribution in [-0.4, -0.2) is 72.8 Å². The first-order chi connectivity index (χ1) is 14.2. The van der Waals surface area contributed by atoms with Crippen LogP contribution in [0.25, 0.3) is 0 Å². The highest BCUT2D eigenvalue weighted by atomic mass is 16.5. The minimum atomic E-state index is 0.0838. The Balaban J connectivity index is 1.54. The quantitative estimate of drug-likeness (QED) is 0.551. The van der Waals surface area contributed by atoms with Crippen molar-refractivity contribution in [3.8, 4) is 11.5 Å². The van der Waals surface area contributed by atoms with Crippen LogP contribution in [0.3, 0.4) is 0 Å². The van der Waals surface area contributed by atoms with E-state index in [9.17, 15) is 5.11 Å². The number of aromatic nitrogens is 3. The maximum absolute atomic E-state index is 9.70. The van der Waals surface area contributed by atoms with Crippen LogP contribution in [0.15, 0.2) is 23.3 Å². The topological polar surface area (TPSA) is 108 Å². The molecular formula is C19H25N7O3. The Labute approximate surface area is 169 Å². The van der Waals surface area contributed by atoms with Gasteiger partial charge in [-0.3, -0.25) is 0 Å². The Morgan fingerprint density at radius 3 is 2.45 bits per heavy atom. The van der Waals surface area contributed by atoms with Crippen molar-refractivity contribution in [2.24, 2.45) is 5.10 Å². The van der Waals surface area contributed by atoms with Crippen LogP contribution in [0, 0.1) is 0 Å². The molecule has 2 fully saturated rings. The van der Waals surface area contributed by atoms with Gasteiger partial charge in [0.25, 0.3) is 0 Å². The molecule has 0 unspecified atom stereocenters. The van der Waals surface area contributed by atoms with E-state index in [0.717, 1.165) is 44.6 Å². The molecule has 2 N–H and O–H groups in total. The van der Waals surface area contributed by atoms with Crippen LogP contribution in [0.5, 0.6) is 11.5 Å². The van der Waals surface area contributed by atoms with Gasteiger partial charge in [-0.25, -0.2) is 5.43 Å². The number of hydrogen-bond donors (Lipinski definition) is 2. The third-order valence-corrected chi connectivity index (χ3v) is 4.88. The molecule has 2 aliphatic rings. The van der Waals surface area contributed by atoms with Gasteiger partial charge in [0, 0.05) is 26.2 Å². The maximum atomic E-state index is 9.70. The normalized spacial score (nSPS) is 17.1. The van der Waals surface area contributed by atoms with E-state index in [0.29, 0.717) is 36.8 Å². The third kappa shape index (κ3) is 4.65. The van der Waals surface area contributed by atoms with Crippen LogP contribution < -0.4 is 20.0 Å². The zero-order chi connectivity index (χ0) is 20.1. The molecule has 0 bridgehead atoms. The molecular weight excluding hydrogens is 374 g/mol. The SMILES string of the molecule is COc1cc(/C=N\Nc2nc(N3CCCC3)nc(N3CCOCC3)n2)ccc1O. The Bertz CT molecular complexity index is 865. The summed E-state index contributed by atoms with van der Waals surface area (Å²) in [4.78, 5) is 18.0. The number of phenolic OH excluding ortho intramolecular Hbond substituents is 1. The summed E-state index contributed by atoms with van der Waals surface area (Å²) >= 11 is 0. The second kappa shape index (κ2) is 8.91. The number of methoxy groups -OCH3 is 1. The average Bonchev–Trinajstić information content (AvgIpc) is 3.30. The zero-order valence-corrected chi connectivity index (χ0v) is 16.4. The Hall–Kier alpha value is -3.14. The lowest BCUT2D eigenvalue weighted by atomic mass is 10.2. The lowest BCUT2D eigenvalue weighted by Crippen LogP contribution is -2.38. The number of rotatable bonds is 6. The van der Waals surface area contributed by atoms with Crippen LogP contribution in [-0.2, 0) is 4.74 Å². The van der Waals surface area contributed by atoms with Crippen molar-refractivity contribution in [1.29, 1.82) is 0 Å². The lowest BCUT2D eigenvalue weighted by Gasteiger charge is -2.27. The van der Waals surface area contributed by atoms with E-state index in [-0.39, 0.29) is 5.75 Å². The van der Waals surface area contributed by atoms with Crippen LogP contribution in [0.1, 0.15) is 18.4 Å². The highest BCUT2D eigenvalue weighted by Crippen LogP contribution is 2.25. The van der Waals surface area contributed by atoms with Crippen molar-refractivity contribution in [3.05, 3.63) is 23.8 Å². The first-order valence-corrected chi connectivity index (χ1v) is 9.73. The molecule has 2 saturated heterocycles. The monoisotopic (exact) mass is 399 g/mol. The number of benzene rings is 1. The number of morpholine rings is 1. The Morgan fingerprint density at radius 2 is 1.76 bits per heavy atom. The van der Waals surface area contributed by atoms with Gasteiger partial charge in [0.05, 0.1) is 26.5 Å². The van der Waals surface area contributed by atoms with Gasteiger partial charge >= 0.3 is 0 Å². The minimum absolute atomic E-state index is 0.0838. The van der Waals surface area contributed by atoms with Crippen molar-refractivity contribution < 1.29 is 14.6 Å². The number of aromatic hydroxyl groups is 1. The zero-order valence-electron chi connectivity index (χ0n) is 16.4. The predicted octanol–water partition coefficient (Wildman–Crippen LogP) is 1.47. The van der Waals surface area contributed by atoms with E-state index in [4.69, 9.17) is 9.47 Å². The Morgan fingerprint density at radius 1 is 1.07 bits per heavy atom. The average molecular weight is 399 g/mol. The molecule has 29 heavy (non-hydrogen) atoms. The predicted molar refractivity (Wildman–Crippen MR) is 110 cm³/mol. The minimum Gasteiger partial charge on any atom is -0.504 e. The van der Waals surface area contributed by atoms with Gasteiger partial charge in [0.1, 0.15) is 0 Å². The lowest BCUT2D eigenvalue weighted by molar-refractivity contribution is 0.122. The summed E-state index contributed by atoms with van der Waals surface area (Å²) in [5.41, 5.74) is 3.68. The van der Waals surface area contributed by atoms with E-state index in [2.05, 4.69) is 35.3 Å². The van der Waals surface area contributed by atoms with Gasteiger partial charge in [-0.15, -0.1) is 0 Å². The molecule has 10 heteroatoms. The van der Waals surface area contributed by atoms with Crippen molar-refractivity contribution in [2.75, 3.05) is 61.7 Å². The third-order valence-electron chi connectivity index (χ3n) is 4.88. The summed E-state index contributed by atoms with van der Waals surface area (Å²) < 4.78 is 10.6. The fourth-order valence-corrected chi connectivity index (χ4v) is 3.31. The molecule has 0 saturated carbocycles. The Kier molecular flexibility index (Phi) is 5.89. The number of nitrogens with one attached hydrogen (secondary N) is 1. The van der Waals surface area contributed by atoms with Gasteiger partial charge < -0.3 is 24.4 Å².